The highest BCUT2D eigenvalue weighted by atomic mass is 16.7. The largest absolute Gasteiger partial charge is 0.489 e. The van der Waals surface area contributed by atoms with Gasteiger partial charge in [-0.05, 0) is 43.2 Å². The molecule has 3 rings (SSSR count). The molecular weight excluding hydrogens is 320 g/mol. The lowest BCUT2D eigenvalue weighted by Gasteiger charge is -2.10. The van der Waals surface area contributed by atoms with Gasteiger partial charge >= 0.3 is 0 Å². The molecule has 1 atom stereocenters. The molecule has 0 saturated carbocycles. The van der Waals surface area contributed by atoms with E-state index in [9.17, 15) is 4.79 Å². The van der Waals surface area contributed by atoms with Crippen LogP contribution < -0.4 is 25.3 Å². The van der Waals surface area contributed by atoms with E-state index in [1.54, 1.807) is 0 Å². The van der Waals surface area contributed by atoms with E-state index in [4.69, 9.17) is 19.9 Å². The molecule has 3 N–H and O–H groups in total. The van der Waals surface area contributed by atoms with Gasteiger partial charge in [0, 0.05) is 24.2 Å². The minimum atomic E-state index is -0.0360. The number of hydrogen-bond acceptors (Lipinski definition) is 5. The molecule has 1 unspecified atom stereocenters. The van der Waals surface area contributed by atoms with E-state index in [2.05, 4.69) is 5.32 Å². The minimum absolute atomic E-state index is 0.0205. The highest BCUT2D eigenvalue weighted by molar-refractivity contribution is 5.90. The van der Waals surface area contributed by atoms with Crippen molar-refractivity contribution in [2.24, 2.45) is 5.73 Å². The Morgan fingerprint density at radius 2 is 2.08 bits per heavy atom. The summed E-state index contributed by atoms with van der Waals surface area (Å²) in [7, 11) is 0. The van der Waals surface area contributed by atoms with Crippen LogP contribution in [0.5, 0.6) is 17.2 Å². The molecule has 0 spiro atoms. The van der Waals surface area contributed by atoms with Crippen LogP contribution in [-0.2, 0) is 11.4 Å². The summed E-state index contributed by atoms with van der Waals surface area (Å²) in [5.74, 6) is 2.08. The number of nitrogens with two attached hydrogens (primary N) is 1. The van der Waals surface area contributed by atoms with Crippen LogP contribution in [-0.4, -0.2) is 18.7 Å². The van der Waals surface area contributed by atoms with Gasteiger partial charge < -0.3 is 25.3 Å². The van der Waals surface area contributed by atoms with Crippen molar-refractivity contribution in [3.63, 3.8) is 0 Å². The molecule has 2 aromatic rings. The molecule has 25 heavy (non-hydrogen) atoms. The lowest BCUT2D eigenvalue weighted by molar-refractivity contribution is -0.116. The molecule has 1 heterocycles. The molecule has 132 valence electrons. The minimum Gasteiger partial charge on any atom is -0.489 e. The fourth-order valence-electron chi connectivity index (χ4n) is 2.45. The molecule has 0 bridgehead atoms. The molecule has 1 aliphatic rings. The summed E-state index contributed by atoms with van der Waals surface area (Å²) in [6.45, 7) is 2.52. The molecule has 0 aliphatic carbocycles. The topological polar surface area (TPSA) is 82.8 Å². The van der Waals surface area contributed by atoms with E-state index in [-0.39, 0.29) is 18.7 Å². The van der Waals surface area contributed by atoms with Gasteiger partial charge in [-0.2, -0.15) is 0 Å². The van der Waals surface area contributed by atoms with E-state index in [0.29, 0.717) is 30.9 Å². The smallest absolute Gasteiger partial charge is 0.231 e. The van der Waals surface area contributed by atoms with E-state index in [1.165, 1.54) is 0 Å². The van der Waals surface area contributed by atoms with Gasteiger partial charge in [-0.15, -0.1) is 0 Å². The Labute approximate surface area is 146 Å². The van der Waals surface area contributed by atoms with Gasteiger partial charge in [-0.25, -0.2) is 0 Å². The monoisotopic (exact) mass is 342 g/mol. The summed E-state index contributed by atoms with van der Waals surface area (Å²) >= 11 is 0. The first-order valence-corrected chi connectivity index (χ1v) is 8.27. The van der Waals surface area contributed by atoms with Gasteiger partial charge in [0.05, 0.1) is 0 Å². The Balaban J connectivity index is 1.55. The molecule has 6 heteroatoms. The maximum Gasteiger partial charge on any atom is 0.231 e. The molecule has 6 nitrogen and oxygen atoms in total. The summed E-state index contributed by atoms with van der Waals surface area (Å²) in [6.07, 6.45) is 1.08. The van der Waals surface area contributed by atoms with Gasteiger partial charge in [-0.1, -0.05) is 12.1 Å². The Bertz CT molecular complexity index is 746. The number of anilines is 1. The fraction of sp³-hybridized carbons (Fsp3) is 0.316. The van der Waals surface area contributed by atoms with E-state index in [0.717, 1.165) is 17.0 Å². The molecule has 0 radical (unpaired) electrons. The molecular formula is C19H22N2O4. The summed E-state index contributed by atoms with van der Waals surface area (Å²) in [5.41, 5.74) is 7.39. The fourth-order valence-corrected chi connectivity index (χ4v) is 2.45. The van der Waals surface area contributed by atoms with E-state index < -0.39 is 0 Å². The number of amides is 1. The zero-order chi connectivity index (χ0) is 17.6. The van der Waals surface area contributed by atoms with Crippen LogP contribution in [0.4, 0.5) is 5.69 Å². The van der Waals surface area contributed by atoms with Crippen LogP contribution in [0, 0.1) is 0 Å². The summed E-state index contributed by atoms with van der Waals surface area (Å²) < 4.78 is 16.4. The van der Waals surface area contributed by atoms with Gasteiger partial charge in [0.2, 0.25) is 12.7 Å². The Kier molecular flexibility index (Phi) is 5.40. The molecule has 0 aromatic heterocycles. The normalized spacial score (nSPS) is 13.4. The van der Waals surface area contributed by atoms with Crippen molar-refractivity contribution >= 4 is 11.6 Å². The van der Waals surface area contributed by atoms with Crippen molar-refractivity contribution in [2.45, 2.75) is 32.4 Å². The number of ether oxygens (including phenoxy) is 3. The summed E-state index contributed by atoms with van der Waals surface area (Å²) in [4.78, 5) is 11.9. The number of carbonyl (C=O) groups excluding carboxylic acids is 1. The number of nitrogens with one attached hydrogen (secondary N) is 1. The van der Waals surface area contributed by atoms with Crippen molar-refractivity contribution in [1.29, 1.82) is 0 Å². The maximum absolute atomic E-state index is 11.9. The van der Waals surface area contributed by atoms with Crippen molar-refractivity contribution in [1.82, 2.24) is 0 Å². The molecule has 0 saturated heterocycles. The molecule has 1 aliphatic heterocycles. The quantitative estimate of drug-likeness (QED) is 0.808. The van der Waals surface area contributed by atoms with Gasteiger partial charge in [0.15, 0.2) is 11.5 Å². The number of rotatable bonds is 7. The summed E-state index contributed by atoms with van der Waals surface area (Å²) in [6, 6.07) is 13.1. The summed E-state index contributed by atoms with van der Waals surface area (Å²) in [5, 5.41) is 2.88. The first-order chi connectivity index (χ1) is 12.1. The van der Waals surface area contributed by atoms with E-state index in [1.807, 2.05) is 49.4 Å². The van der Waals surface area contributed by atoms with Crippen LogP contribution in [0.3, 0.4) is 0 Å². The van der Waals surface area contributed by atoms with Crippen LogP contribution in [0.1, 0.15) is 25.3 Å². The van der Waals surface area contributed by atoms with Gasteiger partial charge in [0.1, 0.15) is 12.4 Å². The lowest BCUT2D eigenvalue weighted by Crippen LogP contribution is -2.19. The second-order valence-corrected chi connectivity index (χ2v) is 6.07. The van der Waals surface area contributed by atoms with E-state index >= 15 is 0 Å². The van der Waals surface area contributed by atoms with Crippen molar-refractivity contribution in [3.05, 3.63) is 48.0 Å². The second kappa shape index (κ2) is 7.90. The average Bonchev–Trinajstić information content (AvgIpc) is 3.06. The van der Waals surface area contributed by atoms with Crippen LogP contribution in [0.15, 0.2) is 42.5 Å². The predicted octanol–water partition coefficient (Wildman–Crippen LogP) is 3.06. The Morgan fingerprint density at radius 1 is 1.24 bits per heavy atom. The number of benzene rings is 2. The Morgan fingerprint density at radius 3 is 2.92 bits per heavy atom. The van der Waals surface area contributed by atoms with Crippen molar-refractivity contribution in [3.8, 4) is 17.2 Å². The van der Waals surface area contributed by atoms with Crippen LogP contribution >= 0.6 is 0 Å². The lowest BCUT2D eigenvalue weighted by atomic mass is 10.1. The first kappa shape index (κ1) is 17.1. The predicted molar refractivity (Wildman–Crippen MR) is 94.9 cm³/mol. The molecule has 0 fully saturated rings. The second-order valence-electron chi connectivity index (χ2n) is 6.07. The van der Waals surface area contributed by atoms with Crippen molar-refractivity contribution in [2.75, 3.05) is 12.1 Å². The highest BCUT2D eigenvalue weighted by Gasteiger charge is 2.13. The van der Waals surface area contributed by atoms with Crippen LogP contribution in [0.2, 0.25) is 0 Å². The van der Waals surface area contributed by atoms with Gasteiger partial charge in [-0.3, -0.25) is 4.79 Å². The van der Waals surface area contributed by atoms with Crippen LogP contribution in [0.25, 0.3) is 0 Å². The zero-order valence-corrected chi connectivity index (χ0v) is 14.2. The third-order valence-corrected chi connectivity index (χ3v) is 3.79. The number of hydrogen-bond donors (Lipinski definition) is 2. The third-order valence-electron chi connectivity index (χ3n) is 3.79. The number of fused-ring (bicyclic) bond motifs is 1. The third kappa shape index (κ3) is 4.87. The maximum atomic E-state index is 11.9. The average molecular weight is 342 g/mol. The van der Waals surface area contributed by atoms with Crippen molar-refractivity contribution < 1.29 is 19.0 Å². The standard InChI is InChI=1S/C19H22N2O4/c1-13(20)5-8-19(22)21-15-4-2-3-14(9-15)11-23-16-6-7-17-18(10-16)25-12-24-17/h2-4,6-7,9-10,13H,5,8,11-12,20H2,1H3,(H,21,22). The highest BCUT2D eigenvalue weighted by Crippen LogP contribution is 2.35. The number of carbonyl (C=O) groups is 1. The SMILES string of the molecule is CC(N)CCC(=O)Nc1cccc(COc2ccc3c(c2)OCO3)c1. The van der Waals surface area contributed by atoms with Gasteiger partial charge in [0.25, 0.3) is 0 Å². The zero-order valence-electron chi connectivity index (χ0n) is 14.2. The molecule has 1 amide bonds. The Hall–Kier alpha value is -2.73. The molecule has 2 aromatic carbocycles. The first-order valence-electron chi connectivity index (χ1n) is 8.27.